The molecule has 0 spiro atoms. The third-order valence-corrected chi connectivity index (χ3v) is 3.62. The summed E-state index contributed by atoms with van der Waals surface area (Å²) in [5.41, 5.74) is 0. The summed E-state index contributed by atoms with van der Waals surface area (Å²) < 4.78 is 5.20. The SMILES string of the molecule is O=C(OOC1CCCCC1)OC1CCCCC1. The molecule has 0 aliphatic heterocycles. The van der Waals surface area contributed by atoms with Crippen molar-refractivity contribution in [2.24, 2.45) is 0 Å². The van der Waals surface area contributed by atoms with E-state index in [2.05, 4.69) is 0 Å². The van der Waals surface area contributed by atoms with Crippen molar-refractivity contribution in [3.63, 3.8) is 0 Å². The Morgan fingerprint density at radius 3 is 1.88 bits per heavy atom. The van der Waals surface area contributed by atoms with Gasteiger partial charge in [-0.15, -0.1) is 0 Å². The van der Waals surface area contributed by atoms with Crippen molar-refractivity contribution in [3.05, 3.63) is 0 Å². The molecule has 4 heteroatoms. The minimum absolute atomic E-state index is 0.0335. The van der Waals surface area contributed by atoms with Crippen molar-refractivity contribution in [1.82, 2.24) is 0 Å². The lowest BCUT2D eigenvalue weighted by atomic mass is 9.98. The van der Waals surface area contributed by atoms with Gasteiger partial charge in [-0.1, -0.05) is 25.7 Å². The number of carbonyl (C=O) groups excluding carboxylic acids is 1. The average molecular weight is 242 g/mol. The molecular formula is C13H22O4. The molecule has 0 saturated heterocycles. The zero-order chi connectivity index (χ0) is 11.9. The van der Waals surface area contributed by atoms with Crippen molar-refractivity contribution in [2.75, 3.05) is 0 Å². The highest BCUT2D eigenvalue weighted by atomic mass is 17.2. The molecule has 0 N–H and O–H groups in total. The van der Waals surface area contributed by atoms with Gasteiger partial charge in [-0.25, -0.2) is 4.79 Å². The van der Waals surface area contributed by atoms with Gasteiger partial charge in [0.2, 0.25) is 0 Å². The number of hydrogen-bond donors (Lipinski definition) is 0. The van der Waals surface area contributed by atoms with Gasteiger partial charge in [0.05, 0.1) is 0 Å². The lowest BCUT2D eigenvalue weighted by Gasteiger charge is -2.22. The fourth-order valence-corrected chi connectivity index (χ4v) is 2.61. The van der Waals surface area contributed by atoms with E-state index in [1.807, 2.05) is 0 Å². The lowest BCUT2D eigenvalue weighted by molar-refractivity contribution is -0.293. The summed E-state index contributed by atoms with van der Waals surface area (Å²) in [6.45, 7) is 0. The Kier molecular flexibility index (Phi) is 5.10. The van der Waals surface area contributed by atoms with Crippen molar-refractivity contribution < 1.29 is 19.3 Å². The minimum Gasteiger partial charge on any atom is -0.429 e. The maximum Gasteiger partial charge on any atom is 0.540 e. The van der Waals surface area contributed by atoms with E-state index in [0.717, 1.165) is 51.4 Å². The second-order valence-electron chi connectivity index (χ2n) is 5.07. The first-order valence-electron chi connectivity index (χ1n) is 6.88. The predicted octanol–water partition coefficient (Wildman–Crippen LogP) is 3.74. The summed E-state index contributed by atoms with van der Waals surface area (Å²) in [4.78, 5) is 21.2. The quantitative estimate of drug-likeness (QED) is 0.429. The molecule has 0 amide bonds. The van der Waals surface area contributed by atoms with Crippen molar-refractivity contribution in [2.45, 2.75) is 76.4 Å². The number of carbonyl (C=O) groups is 1. The van der Waals surface area contributed by atoms with Crippen molar-refractivity contribution >= 4 is 6.16 Å². The van der Waals surface area contributed by atoms with Crippen LogP contribution in [-0.2, 0) is 14.5 Å². The Bertz CT molecular complexity index is 230. The van der Waals surface area contributed by atoms with Crippen LogP contribution in [0.25, 0.3) is 0 Å². The summed E-state index contributed by atoms with van der Waals surface area (Å²) >= 11 is 0. The Morgan fingerprint density at radius 1 is 0.765 bits per heavy atom. The highest BCUT2D eigenvalue weighted by Crippen LogP contribution is 2.22. The molecule has 2 fully saturated rings. The predicted molar refractivity (Wildman–Crippen MR) is 62.4 cm³/mol. The van der Waals surface area contributed by atoms with E-state index in [1.165, 1.54) is 12.8 Å². The normalized spacial score (nSPS) is 23.3. The maximum absolute atomic E-state index is 11.4. The number of rotatable bonds is 3. The molecule has 17 heavy (non-hydrogen) atoms. The minimum atomic E-state index is -0.664. The van der Waals surface area contributed by atoms with Gasteiger partial charge in [-0.3, -0.25) is 4.89 Å². The second-order valence-corrected chi connectivity index (χ2v) is 5.07. The number of ether oxygens (including phenoxy) is 1. The van der Waals surface area contributed by atoms with Gasteiger partial charge in [-0.2, -0.15) is 4.89 Å². The molecule has 0 bridgehead atoms. The first kappa shape index (κ1) is 12.7. The molecule has 0 heterocycles. The van der Waals surface area contributed by atoms with E-state index in [9.17, 15) is 4.79 Å². The van der Waals surface area contributed by atoms with E-state index in [0.29, 0.717) is 0 Å². The van der Waals surface area contributed by atoms with Crippen LogP contribution in [0.5, 0.6) is 0 Å². The van der Waals surface area contributed by atoms with Crippen LogP contribution < -0.4 is 0 Å². The highest BCUT2D eigenvalue weighted by Gasteiger charge is 2.21. The molecule has 0 unspecified atom stereocenters. The Hall–Kier alpha value is -0.770. The van der Waals surface area contributed by atoms with Gasteiger partial charge < -0.3 is 4.74 Å². The summed E-state index contributed by atoms with van der Waals surface area (Å²) in [5, 5.41) is 0. The van der Waals surface area contributed by atoms with Gasteiger partial charge in [-0.05, 0) is 38.5 Å². The topological polar surface area (TPSA) is 44.8 Å². The van der Waals surface area contributed by atoms with E-state index in [1.54, 1.807) is 0 Å². The van der Waals surface area contributed by atoms with E-state index in [4.69, 9.17) is 14.5 Å². The zero-order valence-corrected chi connectivity index (χ0v) is 10.4. The van der Waals surface area contributed by atoms with Crippen LogP contribution in [0.15, 0.2) is 0 Å². The van der Waals surface area contributed by atoms with Crippen LogP contribution >= 0.6 is 0 Å². The van der Waals surface area contributed by atoms with E-state index in [-0.39, 0.29) is 12.2 Å². The third-order valence-electron chi connectivity index (χ3n) is 3.62. The van der Waals surface area contributed by atoms with Gasteiger partial charge in [0.15, 0.2) is 0 Å². The molecule has 2 aliphatic rings. The molecule has 2 aliphatic carbocycles. The molecule has 0 aromatic carbocycles. The Labute approximate surface area is 103 Å². The molecule has 0 aromatic rings. The van der Waals surface area contributed by atoms with Gasteiger partial charge in [0.1, 0.15) is 12.2 Å². The lowest BCUT2D eigenvalue weighted by Crippen LogP contribution is -2.24. The first-order chi connectivity index (χ1) is 8.34. The van der Waals surface area contributed by atoms with Crippen molar-refractivity contribution in [3.8, 4) is 0 Å². The van der Waals surface area contributed by atoms with Crippen molar-refractivity contribution in [1.29, 1.82) is 0 Å². The molecule has 98 valence electrons. The summed E-state index contributed by atoms with van der Waals surface area (Å²) in [6.07, 6.45) is 10.4. The fourth-order valence-electron chi connectivity index (χ4n) is 2.61. The average Bonchev–Trinajstić information content (AvgIpc) is 2.39. The summed E-state index contributed by atoms with van der Waals surface area (Å²) in [5.74, 6) is 0. The molecule has 0 atom stereocenters. The molecular weight excluding hydrogens is 220 g/mol. The largest absolute Gasteiger partial charge is 0.540 e. The second kappa shape index (κ2) is 6.84. The van der Waals surface area contributed by atoms with Crippen LogP contribution in [0.1, 0.15) is 64.2 Å². The Morgan fingerprint density at radius 2 is 1.29 bits per heavy atom. The standard InChI is InChI=1S/C13H22O4/c14-13(15-11-7-3-1-4-8-11)17-16-12-9-5-2-6-10-12/h11-12H,1-10H2. The Balaban J connectivity index is 1.59. The van der Waals surface area contributed by atoms with Crippen LogP contribution in [0, 0.1) is 0 Å². The zero-order valence-electron chi connectivity index (χ0n) is 10.4. The number of hydrogen-bond acceptors (Lipinski definition) is 4. The highest BCUT2D eigenvalue weighted by molar-refractivity contribution is 5.59. The van der Waals surface area contributed by atoms with Crippen LogP contribution in [-0.4, -0.2) is 18.4 Å². The van der Waals surface area contributed by atoms with Crippen LogP contribution in [0.2, 0.25) is 0 Å². The fraction of sp³-hybridized carbons (Fsp3) is 0.923. The molecule has 0 radical (unpaired) electrons. The monoisotopic (exact) mass is 242 g/mol. The van der Waals surface area contributed by atoms with Gasteiger partial charge in [0, 0.05) is 0 Å². The molecule has 0 aromatic heterocycles. The summed E-state index contributed by atoms with van der Waals surface area (Å²) in [7, 11) is 0. The van der Waals surface area contributed by atoms with E-state index < -0.39 is 6.16 Å². The van der Waals surface area contributed by atoms with Crippen LogP contribution in [0.3, 0.4) is 0 Å². The smallest absolute Gasteiger partial charge is 0.429 e. The van der Waals surface area contributed by atoms with Gasteiger partial charge in [0.25, 0.3) is 0 Å². The molecule has 2 rings (SSSR count). The molecule has 4 nitrogen and oxygen atoms in total. The van der Waals surface area contributed by atoms with E-state index >= 15 is 0 Å². The first-order valence-corrected chi connectivity index (χ1v) is 6.88. The molecule has 2 saturated carbocycles. The summed E-state index contributed by atoms with van der Waals surface area (Å²) in [6, 6.07) is 0. The van der Waals surface area contributed by atoms with Crippen LogP contribution in [0.4, 0.5) is 4.79 Å². The maximum atomic E-state index is 11.4. The van der Waals surface area contributed by atoms with Gasteiger partial charge >= 0.3 is 6.16 Å². The third kappa shape index (κ3) is 4.54.